The summed E-state index contributed by atoms with van der Waals surface area (Å²) in [5.41, 5.74) is 3.93. The summed E-state index contributed by atoms with van der Waals surface area (Å²) in [5, 5.41) is 3.07. The number of nitrogens with one attached hydrogen (secondary N) is 1. The van der Waals surface area contributed by atoms with Crippen LogP contribution in [0.1, 0.15) is 34.2 Å². The van der Waals surface area contributed by atoms with E-state index in [1.807, 2.05) is 17.7 Å². The van der Waals surface area contributed by atoms with E-state index in [-0.39, 0.29) is 5.97 Å². The maximum absolute atomic E-state index is 11.6. The molecule has 1 aromatic heterocycles. The Bertz CT molecular complexity index is 570. The van der Waals surface area contributed by atoms with Gasteiger partial charge in [0.2, 0.25) is 5.69 Å². The number of hydrogen-bond acceptors (Lipinski definition) is 2. The highest BCUT2D eigenvalue weighted by atomic mass is 16.5. The number of aryl methyl sites for hydroxylation is 2. The molecule has 0 unspecified atom stereocenters. The Hall–Kier alpha value is -2.10. The molecule has 0 spiro atoms. The first kappa shape index (κ1) is 13.3. The Morgan fingerprint density at radius 2 is 1.95 bits per heavy atom. The molecule has 1 N–H and O–H groups in total. The van der Waals surface area contributed by atoms with Gasteiger partial charge in [0.05, 0.1) is 6.61 Å². The summed E-state index contributed by atoms with van der Waals surface area (Å²) in [6.45, 7) is 6.93. The third-order valence-electron chi connectivity index (χ3n) is 2.99. The summed E-state index contributed by atoms with van der Waals surface area (Å²) >= 11 is 0. The molecule has 0 saturated heterocycles. The average Bonchev–Trinajstić information content (AvgIpc) is 2.74. The van der Waals surface area contributed by atoms with E-state index in [0.29, 0.717) is 18.8 Å². The van der Waals surface area contributed by atoms with Crippen LogP contribution in [-0.2, 0) is 11.3 Å². The molecule has 0 atom stereocenters. The predicted octanol–water partition coefficient (Wildman–Crippen LogP) is 2.14. The van der Waals surface area contributed by atoms with Gasteiger partial charge in [-0.15, -0.1) is 4.68 Å². The number of carbonyl (C=O) groups excluding carboxylic acids is 1. The smallest absolute Gasteiger partial charge is 0.360 e. The number of nitrogens with zero attached hydrogens (tertiary/aromatic N) is 1. The van der Waals surface area contributed by atoms with Crippen molar-refractivity contribution in [3.63, 3.8) is 0 Å². The van der Waals surface area contributed by atoms with Gasteiger partial charge in [0, 0.05) is 18.6 Å². The minimum atomic E-state index is -0.312. The van der Waals surface area contributed by atoms with Gasteiger partial charge >= 0.3 is 5.97 Å². The van der Waals surface area contributed by atoms with Crippen LogP contribution in [0.5, 0.6) is 0 Å². The minimum Gasteiger partial charge on any atom is -0.461 e. The molecule has 0 aliphatic rings. The second-order valence-electron chi connectivity index (χ2n) is 4.60. The lowest BCUT2D eigenvalue weighted by Crippen LogP contribution is -2.39. The highest BCUT2D eigenvalue weighted by Crippen LogP contribution is 2.04. The molecule has 4 heteroatoms. The number of ether oxygens (including phenoxy) is 1. The number of hydrogen-bond donors (Lipinski definition) is 1. The molecule has 0 saturated carbocycles. The predicted molar refractivity (Wildman–Crippen MR) is 72.0 cm³/mol. The highest BCUT2D eigenvalue weighted by molar-refractivity contribution is 5.86. The summed E-state index contributed by atoms with van der Waals surface area (Å²) < 4.78 is 6.92. The zero-order chi connectivity index (χ0) is 13.8. The van der Waals surface area contributed by atoms with E-state index in [9.17, 15) is 4.79 Å². The van der Waals surface area contributed by atoms with Gasteiger partial charge in [-0.3, -0.25) is 0 Å². The lowest BCUT2D eigenvalue weighted by Gasteiger charge is -1.98. The molecule has 19 heavy (non-hydrogen) atoms. The van der Waals surface area contributed by atoms with Gasteiger partial charge in [-0.2, -0.15) is 5.10 Å². The molecule has 4 nitrogen and oxygen atoms in total. The van der Waals surface area contributed by atoms with Crippen LogP contribution in [0.3, 0.4) is 0 Å². The fourth-order valence-corrected chi connectivity index (χ4v) is 1.91. The molecule has 0 aliphatic heterocycles. The third-order valence-corrected chi connectivity index (χ3v) is 2.99. The van der Waals surface area contributed by atoms with Crippen molar-refractivity contribution in [2.24, 2.45) is 0 Å². The first-order valence-corrected chi connectivity index (χ1v) is 6.42. The standard InChI is InChI=1S/C15H18N2O2/c1-4-19-15(18)14-9-12(3)17(16-14)10-13-7-5-11(2)6-8-13/h5-9H,4,10H2,1-3H3/p+1. The van der Waals surface area contributed by atoms with Crippen molar-refractivity contribution in [1.29, 1.82) is 0 Å². The molecular weight excluding hydrogens is 240 g/mol. The second kappa shape index (κ2) is 5.69. The first-order chi connectivity index (χ1) is 9.10. The van der Waals surface area contributed by atoms with Gasteiger partial charge in [0.25, 0.3) is 0 Å². The number of esters is 1. The van der Waals surface area contributed by atoms with E-state index in [1.54, 1.807) is 6.92 Å². The number of benzene rings is 1. The van der Waals surface area contributed by atoms with E-state index in [0.717, 1.165) is 5.69 Å². The summed E-state index contributed by atoms with van der Waals surface area (Å²) in [4.78, 5) is 11.6. The zero-order valence-electron chi connectivity index (χ0n) is 11.6. The van der Waals surface area contributed by atoms with Crippen LogP contribution < -0.4 is 4.68 Å². The number of aromatic amines is 1. The van der Waals surface area contributed by atoms with Gasteiger partial charge in [0.15, 0.2) is 12.2 Å². The monoisotopic (exact) mass is 259 g/mol. The fraction of sp³-hybridized carbons (Fsp3) is 0.333. The lowest BCUT2D eigenvalue weighted by molar-refractivity contribution is -0.747. The summed E-state index contributed by atoms with van der Waals surface area (Å²) in [7, 11) is 0. The largest absolute Gasteiger partial charge is 0.461 e. The van der Waals surface area contributed by atoms with Crippen LogP contribution in [0.15, 0.2) is 30.3 Å². The Labute approximate surface area is 113 Å². The Morgan fingerprint density at radius 1 is 1.26 bits per heavy atom. The Balaban J connectivity index is 2.17. The van der Waals surface area contributed by atoms with Crippen LogP contribution in [-0.4, -0.2) is 17.7 Å². The number of aromatic nitrogens is 2. The topological polar surface area (TPSA) is 46.0 Å². The molecule has 0 aliphatic carbocycles. The third kappa shape index (κ3) is 3.22. The van der Waals surface area contributed by atoms with Gasteiger partial charge in [-0.25, -0.2) is 4.79 Å². The molecule has 0 amide bonds. The molecule has 2 aromatic rings. The quantitative estimate of drug-likeness (QED) is 0.675. The molecule has 0 fully saturated rings. The van der Waals surface area contributed by atoms with Crippen molar-refractivity contribution in [1.82, 2.24) is 5.10 Å². The maximum atomic E-state index is 11.6. The van der Waals surface area contributed by atoms with Crippen molar-refractivity contribution in [2.45, 2.75) is 27.3 Å². The van der Waals surface area contributed by atoms with Crippen molar-refractivity contribution < 1.29 is 14.2 Å². The SMILES string of the molecule is CCOC(=O)c1cc(C)[n+](Cc2ccc(C)cc2)[nH]1. The first-order valence-electron chi connectivity index (χ1n) is 6.42. The number of H-pyrrole nitrogens is 1. The van der Waals surface area contributed by atoms with E-state index in [4.69, 9.17) is 4.74 Å². The molecule has 100 valence electrons. The van der Waals surface area contributed by atoms with Gasteiger partial charge in [-0.05, 0) is 13.8 Å². The van der Waals surface area contributed by atoms with Crippen molar-refractivity contribution in [3.05, 3.63) is 52.8 Å². The highest BCUT2D eigenvalue weighted by Gasteiger charge is 2.18. The van der Waals surface area contributed by atoms with E-state index in [2.05, 4.69) is 36.3 Å². The van der Waals surface area contributed by atoms with Crippen LogP contribution in [0.2, 0.25) is 0 Å². The van der Waals surface area contributed by atoms with Crippen LogP contribution in [0.4, 0.5) is 0 Å². The molecular formula is C15H19N2O2+. The second-order valence-corrected chi connectivity index (χ2v) is 4.60. The normalized spacial score (nSPS) is 10.5. The van der Waals surface area contributed by atoms with Gasteiger partial charge in [-0.1, -0.05) is 29.8 Å². The summed E-state index contributed by atoms with van der Waals surface area (Å²) in [6, 6.07) is 10.2. The van der Waals surface area contributed by atoms with Crippen molar-refractivity contribution in [3.8, 4) is 0 Å². The van der Waals surface area contributed by atoms with Crippen LogP contribution >= 0.6 is 0 Å². The number of rotatable bonds is 4. The van der Waals surface area contributed by atoms with E-state index >= 15 is 0 Å². The van der Waals surface area contributed by atoms with Crippen LogP contribution in [0, 0.1) is 13.8 Å². The molecule has 1 heterocycles. The van der Waals surface area contributed by atoms with E-state index in [1.165, 1.54) is 11.1 Å². The fourth-order valence-electron chi connectivity index (χ4n) is 1.91. The van der Waals surface area contributed by atoms with Crippen LogP contribution in [0.25, 0.3) is 0 Å². The summed E-state index contributed by atoms with van der Waals surface area (Å²) in [6.07, 6.45) is 0. The molecule has 0 radical (unpaired) electrons. The zero-order valence-corrected chi connectivity index (χ0v) is 11.6. The summed E-state index contributed by atoms with van der Waals surface area (Å²) in [5.74, 6) is -0.312. The molecule has 0 bridgehead atoms. The maximum Gasteiger partial charge on any atom is 0.360 e. The van der Waals surface area contributed by atoms with E-state index < -0.39 is 0 Å². The number of carbonyl (C=O) groups is 1. The Kier molecular flexibility index (Phi) is 4.00. The lowest BCUT2D eigenvalue weighted by atomic mass is 10.1. The average molecular weight is 259 g/mol. The van der Waals surface area contributed by atoms with Gasteiger partial charge < -0.3 is 4.74 Å². The molecule has 1 aromatic carbocycles. The Morgan fingerprint density at radius 3 is 2.58 bits per heavy atom. The van der Waals surface area contributed by atoms with Crippen molar-refractivity contribution >= 4 is 5.97 Å². The van der Waals surface area contributed by atoms with Crippen molar-refractivity contribution in [2.75, 3.05) is 6.61 Å². The molecule has 2 rings (SSSR count). The van der Waals surface area contributed by atoms with Gasteiger partial charge in [0.1, 0.15) is 0 Å². The minimum absolute atomic E-state index is 0.312.